The summed E-state index contributed by atoms with van der Waals surface area (Å²) in [5.41, 5.74) is 1.67. The van der Waals surface area contributed by atoms with Crippen LogP contribution in [-0.2, 0) is 0 Å². The highest BCUT2D eigenvalue weighted by Gasteiger charge is 2.10. The summed E-state index contributed by atoms with van der Waals surface area (Å²) in [6.07, 6.45) is 0. The summed E-state index contributed by atoms with van der Waals surface area (Å²) in [4.78, 5) is 12.1. The van der Waals surface area contributed by atoms with Gasteiger partial charge in [0.25, 0.3) is 5.91 Å². The van der Waals surface area contributed by atoms with Crippen LogP contribution in [0, 0.1) is 11.3 Å². The van der Waals surface area contributed by atoms with E-state index in [2.05, 4.69) is 21.2 Å². The largest absolute Gasteiger partial charge is 0.322 e. The first kappa shape index (κ1) is 13.6. The van der Waals surface area contributed by atoms with Gasteiger partial charge in [-0.1, -0.05) is 11.6 Å². The molecule has 0 spiro atoms. The highest BCUT2D eigenvalue weighted by atomic mass is 79.9. The Labute approximate surface area is 123 Å². The summed E-state index contributed by atoms with van der Waals surface area (Å²) in [6.45, 7) is 0. The van der Waals surface area contributed by atoms with Crippen LogP contribution in [0.25, 0.3) is 0 Å². The molecule has 1 N–H and O–H groups in total. The van der Waals surface area contributed by atoms with E-state index in [4.69, 9.17) is 16.9 Å². The zero-order chi connectivity index (χ0) is 13.8. The molecule has 0 atom stereocenters. The van der Waals surface area contributed by atoms with Crippen LogP contribution in [0.4, 0.5) is 5.69 Å². The molecule has 0 fully saturated rings. The first-order valence-corrected chi connectivity index (χ1v) is 6.54. The molecule has 2 aromatic carbocycles. The van der Waals surface area contributed by atoms with Gasteiger partial charge in [0.05, 0.1) is 17.2 Å². The maximum Gasteiger partial charge on any atom is 0.256 e. The second kappa shape index (κ2) is 5.87. The van der Waals surface area contributed by atoms with Gasteiger partial charge in [0.2, 0.25) is 0 Å². The van der Waals surface area contributed by atoms with Gasteiger partial charge in [0.15, 0.2) is 0 Å². The highest BCUT2D eigenvalue weighted by Crippen LogP contribution is 2.22. The molecule has 0 saturated carbocycles. The molecule has 19 heavy (non-hydrogen) atoms. The number of carbonyl (C=O) groups is 1. The Morgan fingerprint density at radius 1 is 1.21 bits per heavy atom. The second-order valence-electron chi connectivity index (χ2n) is 3.77. The van der Waals surface area contributed by atoms with Crippen molar-refractivity contribution in [2.75, 3.05) is 5.32 Å². The van der Waals surface area contributed by atoms with Gasteiger partial charge in [-0.2, -0.15) is 5.26 Å². The van der Waals surface area contributed by atoms with Crippen molar-refractivity contribution in [2.24, 2.45) is 0 Å². The van der Waals surface area contributed by atoms with E-state index < -0.39 is 0 Å². The second-order valence-corrected chi connectivity index (χ2v) is 5.06. The van der Waals surface area contributed by atoms with Crippen molar-refractivity contribution in [2.45, 2.75) is 0 Å². The minimum absolute atomic E-state index is 0.242. The lowest BCUT2D eigenvalue weighted by Gasteiger charge is -2.07. The number of hydrogen-bond donors (Lipinski definition) is 1. The van der Waals surface area contributed by atoms with Gasteiger partial charge in [-0.05, 0) is 58.4 Å². The molecule has 0 aromatic heterocycles. The van der Waals surface area contributed by atoms with Gasteiger partial charge in [-0.3, -0.25) is 4.79 Å². The van der Waals surface area contributed by atoms with Crippen LogP contribution >= 0.6 is 27.5 Å². The average molecular weight is 336 g/mol. The number of carbonyl (C=O) groups excluding carboxylic acids is 1. The molecule has 0 saturated heterocycles. The maximum absolute atomic E-state index is 12.1. The third-order valence-electron chi connectivity index (χ3n) is 2.45. The van der Waals surface area contributed by atoms with E-state index in [9.17, 15) is 4.79 Å². The number of anilines is 1. The topological polar surface area (TPSA) is 52.9 Å². The summed E-state index contributed by atoms with van der Waals surface area (Å²) in [5.74, 6) is -0.242. The molecule has 0 aliphatic rings. The molecule has 0 unspecified atom stereocenters. The molecule has 0 bridgehead atoms. The van der Waals surface area contributed by atoms with E-state index in [1.807, 2.05) is 6.07 Å². The number of hydrogen-bond acceptors (Lipinski definition) is 2. The third kappa shape index (κ3) is 3.34. The number of rotatable bonds is 2. The zero-order valence-electron chi connectivity index (χ0n) is 9.65. The van der Waals surface area contributed by atoms with E-state index in [0.717, 1.165) is 0 Å². The predicted octanol–water partition coefficient (Wildman–Crippen LogP) is 4.23. The number of nitrogens with zero attached hydrogens (tertiary/aromatic N) is 1. The fourth-order valence-electron chi connectivity index (χ4n) is 1.50. The normalized spacial score (nSPS) is 9.74. The van der Waals surface area contributed by atoms with Gasteiger partial charge in [0, 0.05) is 15.2 Å². The molecule has 2 aromatic rings. The highest BCUT2D eigenvalue weighted by molar-refractivity contribution is 9.10. The molecule has 2 rings (SSSR count). The lowest BCUT2D eigenvalue weighted by atomic mass is 10.2. The molecule has 0 aliphatic carbocycles. The van der Waals surface area contributed by atoms with Crippen molar-refractivity contribution in [3.63, 3.8) is 0 Å². The molecule has 3 nitrogen and oxygen atoms in total. The number of benzene rings is 2. The zero-order valence-corrected chi connectivity index (χ0v) is 12.0. The number of nitrogens with one attached hydrogen (secondary N) is 1. The van der Waals surface area contributed by atoms with Crippen molar-refractivity contribution in [1.29, 1.82) is 5.26 Å². The standard InChI is InChI=1S/C14H8BrClN2O/c15-13-7-10(16)3-6-12(13)14(19)18-11-4-1-9(8-17)2-5-11/h1-7H,(H,18,19). The quantitative estimate of drug-likeness (QED) is 0.893. The molecule has 0 aliphatic heterocycles. The van der Waals surface area contributed by atoms with Gasteiger partial charge >= 0.3 is 0 Å². The van der Waals surface area contributed by atoms with E-state index in [1.54, 1.807) is 42.5 Å². The molecule has 1 amide bonds. The van der Waals surface area contributed by atoms with Gasteiger partial charge in [-0.25, -0.2) is 0 Å². The minimum Gasteiger partial charge on any atom is -0.322 e. The van der Waals surface area contributed by atoms with Crippen molar-refractivity contribution < 1.29 is 4.79 Å². The molecule has 5 heteroatoms. The van der Waals surface area contributed by atoms with Crippen molar-refractivity contribution in [1.82, 2.24) is 0 Å². The summed E-state index contributed by atoms with van der Waals surface area (Å²) in [5, 5.41) is 12.0. The molecule has 0 radical (unpaired) electrons. The Bertz CT molecular complexity index is 662. The molecule has 94 valence electrons. The maximum atomic E-state index is 12.1. The Morgan fingerprint density at radius 2 is 1.89 bits per heavy atom. The Kier molecular flexibility index (Phi) is 4.20. The number of amides is 1. The van der Waals surface area contributed by atoms with Gasteiger partial charge in [-0.15, -0.1) is 0 Å². The first-order valence-electron chi connectivity index (χ1n) is 5.37. The molecular formula is C14H8BrClN2O. The minimum atomic E-state index is -0.242. The van der Waals surface area contributed by atoms with E-state index in [-0.39, 0.29) is 5.91 Å². The third-order valence-corrected chi connectivity index (χ3v) is 3.34. The average Bonchev–Trinajstić information content (AvgIpc) is 2.39. The van der Waals surface area contributed by atoms with Gasteiger partial charge < -0.3 is 5.32 Å². The summed E-state index contributed by atoms with van der Waals surface area (Å²) >= 11 is 9.12. The molecular weight excluding hydrogens is 328 g/mol. The van der Waals surface area contributed by atoms with Crippen LogP contribution in [0.5, 0.6) is 0 Å². The SMILES string of the molecule is N#Cc1ccc(NC(=O)c2ccc(Cl)cc2Br)cc1. The van der Waals surface area contributed by atoms with Crippen LogP contribution in [0.3, 0.4) is 0 Å². The van der Waals surface area contributed by atoms with Gasteiger partial charge in [0.1, 0.15) is 0 Å². The van der Waals surface area contributed by atoms with E-state index >= 15 is 0 Å². The summed E-state index contributed by atoms with van der Waals surface area (Å²) in [7, 11) is 0. The number of nitriles is 1. The summed E-state index contributed by atoms with van der Waals surface area (Å²) in [6, 6.07) is 13.6. The van der Waals surface area contributed by atoms with Crippen LogP contribution in [0.15, 0.2) is 46.9 Å². The predicted molar refractivity (Wildman–Crippen MR) is 78.3 cm³/mol. The molecule has 0 heterocycles. The monoisotopic (exact) mass is 334 g/mol. The fourth-order valence-corrected chi connectivity index (χ4v) is 2.36. The first-order chi connectivity index (χ1) is 9.10. The van der Waals surface area contributed by atoms with Crippen LogP contribution in [0.1, 0.15) is 15.9 Å². The van der Waals surface area contributed by atoms with Crippen molar-refractivity contribution in [3.8, 4) is 6.07 Å². The van der Waals surface area contributed by atoms with E-state index in [1.165, 1.54) is 0 Å². The Morgan fingerprint density at radius 3 is 2.47 bits per heavy atom. The van der Waals surface area contributed by atoms with Crippen LogP contribution < -0.4 is 5.32 Å². The lowest BCUT2D eigenvalue weighted by Crippen LogP contribution is -2.12. The van der Waals surface area contributed by atoms with E-state index in [0.29, 0.717) is 26.3 Å². The smallest absolute Gasteiger partial charge is 0.256 e. The Hall–Kier alpha value is -1.83. The van der Waals surface area contributed by atoms with Crippen molar-refractivity contribution in [3.05, 3.63) is 63.1 Å². The van der Waals surface area contributed by atoms with Crippen molar-refractivity contribution >= 4 is 39.1 Å². The summed E-state index contributed by atoms with van der Waals surface area (Å²) < 4.78 is 0.631. The fraction of sp³-hybridized carbons (Fsp3) is 0. The lowest BCUT2D eigenvalue weighted by molar-refractivity contribution is 0.102. The van der Waals surface area contributed by atoms with Crippen LogP contribution in [0.2, 0.25) is 5.02 Å². The Balaban J connectivity index is 2.18. The number of halogens is 2. The van der Waals surface area contributed by atoms with Crippen LogP contribution in [-0.4, -0.2) is 5.91 Å².